The van der Waals surface area contributed by atoms with Gasteiger partial charge in [0, 0.05) is 12.7 Å². The van der Waals surface area contributed by atoms with E-state index in [1.54, 1.807) is 18.2 Å². The highest BCUT2D eigenvalue weighted by Gasteiger charge is 2.08. The first-order valence-electron chi connectivity index (χ1n) is 6.63. The number of aliphatic imine (C=N–C) groups is 1. The van der Waals surface area contributed by atoms with Gasteiger partial charge in [0.15, 0.2) is 0 Å². The largest absolute Gasteiger partial charge is 0.369 e. The van der Waals surface area contributed by atoms with E-state index >= 15 is 0 Å². The number of benzene rings is 2. The second-order valence-electron chi connectivity index (χ2n) is 4.63. The summed E-state index contributed by atoms with van der Waals surface area (Å²) in [6.45, 7) is 2.11. The van der Waals surface area contributed by atoms with Crippen molar-refractivity contribution in [2.24, 2.45) is 10.7 Å². The SMILES string of the molecule is CCc1cccc(N(C)C(N)=Nc2cccc(Cl)c2Cl)c1. The van der Waals surface area contributed by atoms with Gasteiger partial charge in [-0.3, -0.25) is 0 Å². The van der Waals surface area contributed by atoms with E-state index in [1.165, 1.54) is 5.56 Å². The second kappa shape index (κ2) is 6.83. The van der Waals surface area contributed by atoms with E-state index in [0.717, 1.165) is 12.1 Å². The Balaban J connectivity index is 2.31. The summed E-state index contributed by atoms with van der Waals surface area (Å²) < 4.78 is 0. The third-order valence-electron chi connectivity index (χ3n) is 3.22. The summed E-state index contributed by atoms with van der Waals surface area (Å²) in [4.78, 5) is 6.17. The maximum Gasteiger partial charge on any atom is 0.200 e. The summed E-state index contributed by atoms with van der Waals surface area (Å²) in [5.74, 6) is 0.354. The molecule has 2 N–H and O–H groups in total. The Labute approximate surface area is 135 Å². The number of hydrogen-bond donors (Lipinski definition) is 1. The molecular formula is C16H17Cl2N3. The number of nitrogens with two attached hydrogens (primary N) is 1. The molecule has 0 saturated heterocycles. The molecule has 2 aromatic rings. The van der Waals surface area contributed by atoms with Crippen molar-refractivity contribution < 1.29 is 0 Å². The van der Waals surface area contributed by atoms with Gasteiger partial charge in [0.1, 0.15) is 0 Å². The number of nitrogens with zero attached hydrogens (tertiary/aromatic N) is 2. The van der Waals surface area contributed by atoms with E-state index in [4.69, 9.17) is 28.9 Å². The fourth-order valence-electron chi connectivity index (χ4n) is 1.89. The third-order valence-corrected chi connectivity index (χ3v) is 4.02. The van der Waals surface area contributed by atoms with Gasteiger partial charge in [0.05, 0.1) is 15.7 Å². The molecule has 0 aliphatic heterocycles. The summed E-state index contributed by atoms with van der Waals surface area (Å²) in [6.07, 6.45) is 0.971. The van der Waals surface area contributed by atoms with E-state index in [9.17, 15) is 0 Å². The Bertz CT molecular complexity index is 668. The Hall–Kier alpha value is -1.71. The van der Waals surface area contributed by atoms with E-state index in [1.807, 2.05) is 24.1 Å². The van der Waals surface area contributed by atoms with E-state index < -0.39 is 0 Å². The predicted molar refractivity (Wildman–Crippen MR) is 92.0 cm³/mol. The normalized spacial score (nSPS) is 11.5. The molecule has 5 heteroatoms. The van der Waals surface area contributed by atoms with Crippen molar-refractivity contribution in [3.05, 3.63) is 58.1 Å². The number of aryl methyl sites for hydroxylation is 1. The van der Waals surface area contributed by atoms with Crippen molar-refractivity contribution in [1.29, 1.82) is 0 Å². The molecule has 0 aliphatic rings. The standard InChI is InChI=1S/C16H17Cl2N3/c1-3-11-6-4-7-12(10-11)21(2)16(19)20-14-9-5-8-13(17)15(14)18/h4-10H,3H2,1-2H3,(H2,19,20). The molecule has 0 fully saturated rings. The van der Waals surface area contributed by atoms with E-state index in [-0.39, 0.29) is 0 Å². The monoisotopic (exact) mass is 321 g/mol. The predicted octanol–water partition coefficient (Wildman–Crippen LogP) is 4.64. The first kappa shape index (κ1) is 15.7. The molecule has 0 saturated carbocycles. The van der Waals surface area contributed by atoms with Gasteiger partial charge < -0.3 is 10.6 Å². The van der Waals surface area contributed by atoms with E-state index in [0.29, 0.717) is 21.7 Å². The van der Waals surface area contributed by atoms with Gasteiger partial charge >= 0.3 is 0 Å². The van der Waals surface area contributed by atoms with Gasteiger partial charge in [-0.15, -0.1) is 0 Å². The molecule has 2 aromatic carbocycles. The fourth-order valence-corrected chi connectivity index (χ4v) is 2.23. The van der Waals surface area contributed by atoms with Gasteiger partial charge in [0.25, 0.3) is 0 Å². The van der Waals surface area contributed by atoms with Crippen LogP contribution in [0, 0.1) is 0 Å². The van der Waals surface area contributed by atoms with Crippen LogP contribution in [0.3, 0.4) is 0 Å². The zero-order chi connectivity index (χ0) is 15.4. The molecule has 0 spiro atoms. The Kier molecular flexibility index (Phi) is 5.10. The van der Waals surface area contributed by atoms with Gasteiger partial charge in [-0.25, -0.2) is 4.99 Å². The minimum atomic E-state index is 0.354. The third kappa shape index (κ3) is 3.69. The van der Waals surface area contributed by atoms with Crippen LogP contribution in [0.5, 0.6) is 0 Å². The van der Waals surface area contributed by atoms with Crippen LogP contribution in [0.25, 0.3) is 0 Å². The molecule has 3 nitrogen and oxygen atoms in total. The number of hydrogen-bond acceptors (Lipinski definition) is 1. The molecule has 0 unspecified atom stereocenters. The summed E-state index contributed by atoms with van der Waals surface area (Å²) in [5.41, 5.74) is 8.85. The number of halogens is 2. The molecule has 21 heavy (non-hydrogen) atoms. The maximum atomic E-state index is 6.12. The van der Waals surface area contributed by atoms with Crippen molar-refractivity contribution in [3.8, 4) is 0 Å². The second-order valence-corrected chi connectivity index (χ2v) is 5.41. The minimum Gasteiger partial charge on any atom is -0.369 e. The van der Waals surface area contributed by atoms with Crippen molar-refractivity contribution in [1.82, 2.24) is 0 Å². The van der Waals surface area contributed by atoms with Crippen LogP contribution in [-0.2, 0) is 6.42 Å². The molecule has 0 radical (unpaired) electrons. The zero-order valence-corrected chi connectivity index (χ0v) is 13.5. The molecule has 0 aromatic heterocycles. The highest BCUT2D eigenvalue weighted by atomic mass is 35.5. The van der Waals surface area contributed by atoms with Crippen molar-refractivity contribution >= 4 is 40.5 Å². The first-order chi connectivity index (χ1) is 10.0. The maximum absolute atomic E-state index is 6.12. The Morgan fingerprint density at radius 3 is 2.62 bits per heavy atom. The van der Waals surface area contributed by atoms with Crippen LogP contribution in [-0.4, -0.2) is 13.0 Å². The summed E-state index contributed by atoms with van der Waals surface area (Å²) in [6, 6.07) is 13.4. The highest BCUT2D eigenvalue weighted by Crippen LogP contribution is 2.31. The van der Waals surface area contributed by atoms with Gasteiger partial charge in [0.2, 0.25) is 5.96 Å². The highest BCUT2D eigenvalue weighted by molar-refractivity contribution is 6.43. The molecule has 110 valence electrons. The Morgan fingerprint density at radius 2 is 1.90 bits per heavy atom. The zero-order valence-electron chi connectivity index (χ0n) is 12.0. The molecule has 0 bridgehead atoms. The van der Waals surface area contributed by atoms with Gasteiger partial charge in [-0.05, 0) is 36.2 Å². The summed E-state index contributed by atoms with van der Waals surface area (Å²) in [7, 11) is 1.87. The van der Waals surface area contributed by atoms with Crippen molar-refractivity contribution in [2.75, 3.05) is 11.9 Å². The van der Waals surface area contributed by atoms with Crippen molar-refractivity contribution in [3.63, 3.8) is 0 Å². The molecule has 0 atom stereocenters. The smallest absolute Gasteiger partial charge is 0.200 e. The fraction of sp³-hybridized carbons (Fsp3) is 0.188. The number of anilines is 1. The lowest BCUT2D eigenvalue weighted by Gasteiger charge is -2.19. The lowest BCUT2D eigenvalue weighted by atomic mass is 10.1. The molecule has 0 heterocycles. The van der Waals surface area contributed by atoms with Crippen LogP contribution >= 0.6 is 23.2 Å². The molecule has 0 aliphatic carbocycles. The summed E-state index contributed by atoms with van der Waals surface area (Å²) >= 11 is 12.1. The average molecular weight is 322 g/mol. The average Bonchev–Trinajstić information content (AvgIpc) is 2.51. The van der Waals surface area contributed by atoms with Crippen LogP contribution in [0.4, 0.5) is 11.4 Å². The van der Waals surface area contributed by atoms with Crippen LogP contribution in [0.15, 0.2) is 47.5 Å². The lowest BCUT2D eigenvalue weighted by Crippen LogP contribution is -2.33. The van der Waals surface area contributed by atoms with Gasteiger partial charge in [-0.2, -0.15) is 0 Å². The molecule has 0 amide bonds. The van der Waals surface area contributed by atoms with Gasteiger partial charge in [-0.1, -0.05) is 48.3 Å². The van der Waals surface area contributed by atoms with Crippen molar-refractivity contribution in [2.45, 2.75) is 13.3 Å². The van der Waals surface area contributed by atoms with Crippen LogP contribution < -0.4 is 10.6 Å². The van der Waals surface area contributed by atoms with Crippen LogP contribution in [0.2, 0.25) is 10.0 Å². The topological polar surface area (TPSA) is 41.6 Å². The minimum absolute atomic E-state index is 0.354. The first-order valence-corrected chi connectivity index (χ1v) is 7.39. The lowest BCUT2D eigenvalue weighted by molar-refractivity contribution is 1.13. The van der Waals surface area contributed by atoms with Crippen LogP contribution in [0.1, 0.15) is 12.5 Å². The Morgan fingerprint density at radius 1 is 1.19 bits per heavy atom. The number of rotatable bonds is 3. The number of guanidine groups is 1. The molecule has 2 rings (SSSR count). The summed E-state index contributed by atoms with van der Waals surface area (Å²) in [5, 5.41) is 0.860. The quantitative estimate of drug-likeness (QED) is 0.661. The molecular weight excluding hydrogens is 305 g/mol. The van der Waals surface area contributed by atoms with E-state index in [2.05, 4.69) is 24.0 Å².